The van der Waals surface area contributed by atoms with Gasteiger partial charge in [0.25, 0.3) is 0 Å². The first kappa shape index (κ1) is 10.5. The summed E-state index contributed by atoms with van der Waals surface area (Å²) in [4.78, 5) is 0. The van der Waals surface area contributed by atoms with E-state index in [1.54, 1.807) is 0 Å². The van der Waals surface area contributed by atoms with Gasteiger partial charge < -0.3 is 5.11 Å². The first-order chi connectivity index (χ1) is 6.72. The molecule has 2 aliphatic carbocycles. The van der Waals surface area contributed by atoms with Crippen LogP contribution in [0.15, 0.2) is 0 Å². The highest BCUT2D eigenvalue weighted by atomic mass is 16.3. The molecule has 0 radical (unpaired) electrons. The normalized spacial score (nSPS) is 36.2. The van der Waals surface area contributed by atoms with E-state index in [-0.39, 0.29) is 6.10 Å². The molecule has 0 aromatic carbocycles. The Kier molecular flexibility index (Phi) is 2.88. The molecule has 82 valence electrons. The van der Waals surface area contributed by atoms with Gasteiger partial charge in [0.2, 0.25) is 0 Å². The van der Waals surface area contributed by atoms with Gasteiger partial charge in [-0.2, -0.15) is 0 Å². The fourth-order valence-electron chi connectivity index (χ4n) is 3.87. The molecule has 2 aliphatic rings. The van der Waals surface area contributed by atoms with Crippen molar-refractivity contribution in [1.29, 1.82) is 0 Å². The van der Waals surface area contributed by atoms with Crippen LogP contribution in [-0.4, -0.2) is 11.2 Å². The second-order valence-electron chi connectivity index (χ2n) is 5.46. The minimum absolute atomic E-state index is 0.00282. The van der Waals surface area contributed by atoms with Gasteiger partial charge in [0.1, 0.15) is 0 Å². The third-order valence-electron chi connectivity index (χ3n) is 4.80. The third kappa shape index (κ3) is 1.50. The first-order valence-electron chi connectivity index (χ1n) is 6.40. The van der Waals surface area contributed by atoms with Gasteiger partial charge in [-0.1, -0.05) is 39.5 Å². The van der Waals surface area contributed by atoms with Gasteiger partial charge >= 0.3 is 0 Å². The van der Waals surface area contributed by atoms with Gasteiger partial charge in [-0.05, 0) is 36.5 Å². The van der Waals surface area contributed by atoms with Gasteiger partial charge in [0, 0.05) is 0 Å². The molecule has 1 heteroatoms. The summed E-state index contributed by atoms with van der Waals surface area (Å²) in [6.45, 7) is 4.56. The molecule has 0 aliphatic heterocycles. The topological polar surface area (TPSA) is 20.2 Å². The molecule has 1 spiro atoms. The Bertz CT molecular complexity index is 193. The molecule has 2 fully saturated rings. The number of unbranched alkanes of at least 4 members (excludes halogenated alkanes) is 1. The SMILES string of the molecule is CCCCC(O)C1[C@@H](C)C12CCCC2. The molecule has 2 saturated carbocycles. The summed E-state index contributed by atoms with van der Waals surface area (Å²) in [6.07, 6.45) is 9.04. The molecule has 0 aromatic heterocycles. The minimum Gasteiger partial charge on any atom is -0.393 e. The van der Waals surface area contributed by atoms with Gasteiger partial charge in [-0.3, -0.25) is 0 Å². The molecular formula is C13H24O. The molecule has 3 atom stereocenters. The van der Waals surface area contributed by atoms with E-state index in [0.717, 1.165) is 12.3 Å². The highest BCUT2D eigenvalue weighted by Crippen LogP contribution is 2.68. The first-order valence-corrected chi connectivity index (χ1v) is 6.40. The number of rotatable bonds is 4. The van der Waals surface area contributed by atoms with Crippen molar-refractivity contribution in [3.63, 3.8) is 0 Å². The van der Waals surface area contributed by atoms with Crippen molar-refractivity contribution < 1.29 is 5.11 Å². The molecule has 0 bridgehead atoms. The van der Waals surface area contributed by atoms with E-state index in [9.17, 15) is 5.11 Å². The fourth-order valence-corrected chi connectivity index (χ4v) is 3.87. The van der Waals surface area contributed by atoms with E-state index in [2.05, 4.69) is 13.8 Å². The lowest BCUT2D eigenvalue weighted by Gasteiger charge is -2.13. The molecule has 0 aromatic rings. The third-order valence-corrected chi connectivity index (χ3v) is 4.80. The van der Waals surface area contributed by atoms with E-state index >= 15 is 0 Å². The molecule has 0 amide bonds. The van der Waals surface area contributed by atoms with Crippen LogP contribution in [0, 0.1) is 17.3 Å². The summed E-state index contributed by atoms with van der Waals surface area (Å²) < 4.78 is 0. The Morgan fingerprint density at radius 1 is 1.36 bits per heavy atom. The zero-order chi connectivity index (χ0) is 10.2. The molecule has 1 N–H and O–H groups in total. The van der Waals surface area contributed by atoms with Crippen molar-refractivity contribution in [2.75, 3.05) is 0 Å². The van der Waals surface area contributed by atoms with Crippen molar-refractivity contribution in [2.45, 2.75) is 64.9 Å². The van der Waals surface area contributed by atoms with Crippen LogP contribution in [0.1, 0.15) is 58.8 Å². The molecule has 2 rings (SSSR count). The van der Waals surface area contributed by atoms with Crippen molar-refractivity contribution in [1.82, 2.24) is 0 Å². The highest BCUT2D eigenvalue weighted by Gasteiger charge is 2.64. The standard InChI is InChI=1S/C13H24O/c1-3-4-7-11(14)12-10(2)13(12)8-5-6-9-13/h10-12,14H,3-9H2,1-2H3/t10-,11?,12?/m1/s1. The predicted molar refractivity (Wildman–Crippen MR) is 59.1 cm³/mol. The average Bonchev–Trinajstić information content (AvgIpc) is 2.59. The molecule has 0 saturated heterocycles. The fraction of sp³-hybridized carbons (Fsp3) is 1.00. The van der Waals surface area contributed by atoms with Crippen molar-refractivity contribution in [3.8, 4) is 0 Å². The second-order valence-corrected chi connectivity index (χ2v) is 5.46. The Morgan fingerprint density at radius 2 is 2.00 bits per heavy atom. The molecular weight excluding hydrogens is 172 g/mol. The van der Waals surface area contributed by atoms with Crippen LogP contribution in [0.2, 0.25) is 0 Å². The predicted octanol–water partition coefficient (Wildman–Crippen LogP) is 3.36. The van der Waals surface area contributed by atoms with E-state index in [1.165, 1.54) is 38.5 Å². The quantitative estimate of drug-likeness (QED) is 0.731. The van der Waals surface area contributed by atoms with Crippen molar-refractivity contribution in [2.24, 2.45) is 17.3 Å². The summed E-state index contributed by atoms with van der Waals surface area (Å²) >= 11 is 0. The van der Waals surface area contributed by atoms with Crippen LogP contribution in [0.3, 0.4) is 0 Å². The Balaban J connectivity index is 1.87. The van der Waals surface area contributed by atoms with Gasteiger partial charge in [-0.25, -0.2) is 0 Å². The van der Waals surface area contributed by atoms with Gasteiger partial charge in [0.05, 0.1) is 6.10 Å². The van der Waals surface area contributed by atoms with Crippen LogP contribution in [0.25, 0.3) is 0 Å². The smallest absolute Gasteiger partial charge is 0.0576 e. The monoisotopic (exact) mass is 196 g/mol. The number of hydrogen-bond acceptors (Lipinski definition) is 1. The summed E-state index contributed by atoms with van der Waals surface area (Å²) in [5, 5.41) is 10.1. The number of aliphatic hydroxyl groups is 1. The Labute approximate surface area is 87.9 Å². The average molecular weight is 196 g/mol. The minimum atomic E-state index is 0.00282. The zero-order valence-corrected chi connectivity index (χ0v) is 9.63. The molecule has 1 nitrogen and oxygen atoms in total. The lowest BCUT2D eigenvalue weighted by atomic mass is 9.96. The maximum absolute atomic E-state index is 10.1. The summed E-state index contributed by atoms with van der Waals surface area (Å²) in [5.41, 5.74) is 0.590. The van der Waals surface area contributed by atoms with E-state index in [1.807, 2.05) is 0 Å². The van der Waals surface area contributed by atoms with Crippen LogP contribution in [0.5, 0.6) is 0 Å². The lowest BCUT2D eigenvalue weighted by molar-refractivity contribution is 0.118. The maximum atomic E-state index is 10.1. The van der Waals surface area contributed by atoms with Gasteiger partial charge in [0.15, 0.2) is 0 Å². The van der Waals surface area contributed by atoms with Crippen LogP contribution >= 0.6 is 0 Å². The van der Waals surface area contributed by atoms with Crippen LogP contribution in [-0.2, 0) is 0 Å². The Hall–Kier alpha value is -0.0400. The largest absolute Gasteiger partial charge is 0.393 e. The summed E-state index contributed by atoms with van der Waals surface area (Å²) in [5.74, 6) is 1.45. The number of aliphatic hydroxyl groups excluding tert-OH is 1. The highest BCUT2D eigenvalue weighted by molar-refractivity contribution is 5.12. The van der Waals surface area contributed by atoms with Gasteiger partial charge in [-0.15, -0.1) is 0 Å². The van der Waals surface area contributed by atoms with Crippen LogP contribution in [0.4, 0.5) is 0 Å². The van der Waals surface area contributed by atoms with E-state index in [4.69, 9.17) is 0 Å². The second kappa shape index (κ2) is 3.84. The zero-order valence-electron chi connectivity index (χ0n) is 9.63. The Morgan fingerprint density at radius 3 is 2.57 bits per heavy atom. The molecule has 14 heavy (non-hydrogen) atoms. The van der Waals surface area contributed by atoms with E-state index in [0.29, 0.717) is 11.3 Å². The maximum Gasteiger partial charge on any atom is 0.0576 e. The number of hydrogen-bond donors (Lipinski definition) is 1. The van der Waals surface area contributed by atoms with Crippen molar-refractivity contribution >= 4 is 0 Å². The summed E-state index contributed by atoms with van der Waals surface area (Å²) in [7, 11) is 0. The summed E-state index contributed by atoms with van der Waals surface area (Å²) in [6, 6.07) is 0. The van der Waals surface area contributed by atoms with Crippen molar-refractivity contribution in [3.05, 3.63) is 0 Å². The molecule has 0 heterocycles. The lowest BCUT2D eigenvalue weighted by Crippen LogP contribution is -2.14. The molecule has 2 unspecified atom stereocenters. The van der Waals surface area contributed by atoms with E-state index < -0.39 is 0 Å². The van der Waals surface area contributed by atoms with Crippen LogP contribution < -0.4 is 0 Å².